The minimum Gasteiger partial charge on any atom is -0.493 e. The average molecular weight is 445 g/mol. The summed E-state index contributed by atoms with van der Waals surface area (Å²) in [6, 6.07) is 10.9. The predicted molar refractivity (Wildman–Crippen MR) is 116 cm³/mol. The second-order valence-electron chi connectivity index (χ2n) is 7.27. The highest BCUT2D eigenvalue weighted by Gasteiger charge is 2.23. The minimum atomic E-state index is -0.399. The first kappa shape index (κ1) is 23.5. The normalized spacial score (nSPS) is 15.0. The van der Waals surface area contributed by atoms with Gasteiger partial charge in [-0.2, -0.15) is 0 Å². The molecule has 1 saturated heterocycles. The van der Waals surface area contributed by atoms with Gasteiger partial charge in [-0.15, -0.1) is 0 Å². The number of methoxy groups -OCH3 is 2. The fraction of sp³-hybridized carbons (Fsp3) is 0.391. The van der Waals surface area contributed by atoms with E-state index in [1.54, 1.807) is 30.3 Å². The van der Waals surface area contributed by atoms with Gasteiger partial charge in [0.05, 0.1) is 40.0 Å². The fourth-order valence-electron chi connectivity index (χ4n) is 3.54. The molecule has 0 saturated carbocycles. The molecule has 2 amide bonds. The molecule has 0 aliphatic carbocycles. The predicted octanol–water partition coefficient (Wildman–Crippen LogP) is 1.76. The van der Waals surface area contributed by atoms with E-state index in [9.17, 15) is 14.0 Å². The van der Waals surface area contributed by atoms with E-state index >= 15 is 0 Å². The van der Waals surface area contributed by atoms with Crippen LogP contribution in [0.15, 0.2) is 42.5 Å². The highest BCUT2D eigenvalue weighted by Crippen LogP contribution is 2.27. The standard InChI is InChI=1S/C23H28FN3O5/c1-30-20-8-5-17(13-21(20)31-2)23(29)26-15-22(28)25-14-19(27-9-11-32-12-10-27)16-3-6-18(24)7-4-16/h3-8,13,19H,9-12,14-15H2,1-2H3,(H,25,28)(H,26,29). The highest BCUT2D eigenvalue weighted by atomic mass is 19.1. The average Bonchev–Trinajstić information content (AvgIpc) is 2.83. The maximum atomic E-state index is 13.4. The van der Waals surface area contributed by atoms with Crippen molar-refractivity contribution in [3.8, 4) is 11.5 Å². The molecule has 9 heteroatoms. The van der Waals surface area contributed by atoms with E-state index < -0.39 is 5.91 Å². The Morgan fingerprint density at radius 1 is 1.03 bits per heavy atom. The van der Waals surface area contributed by atoms with E-state index in [-0.39, 0.29) is 24.3 Å². The molecule has 0 spiro atoms. The fourth-order valence-corrected chi connectivity index (χ4v) is 3.54. The quantitative estimate of drug-likeness (QED) is 0.612. The number of ether oxygens (including phenoxy) is 3. The molecular formula is C23H28FN3O5. The van der Waals surface area contributed by atoms with Crippen molar-refractivity contribution in [2.45, 2.75) is 6.04 Å². The van der Waals surface area contributed by atoms with Crippen molar-refractivity contribution in [3.05, 3.63) is 59.4 Å². The molecule has 0 aromatic heterocycles. The molecule has 1 aliphatic heterocycles. The summed E-state index contributed by atoms with van der Waals surface area (Å²) < 4.78 is 29.1. The van der Waals surface area contributed by atoms with E-state index in [4.69, 9.17) is 14.2 Å². The van der Waals surface area contributed by atoms with Crippen molar-refractivity contribution in [1.82, 2.24) is 15.5 Å². The molecule has 32 heavy (non-hydrogen) atoms. The van der Waals surface area contributed by atoms with Crippen LogP contribution < -0.4 is 20.1 Å². The topological polar surface area (TPSA) is 89.1 Å². The lowest BCUT2D eigenvalue weighted by Gasteiger charge is -2.35. The molecule has 2 aromatic carbocycles. The van der Waals surface area contributed by atoms with E-state index in [1.165, 1.54) is 26.4 Å². The Kier molecular flexibility index (Phi) is 8.41. The van der Waals surface area contributed by atoms with Crippen molar-refractivity contribution in [2.24, 2.45) is 0 Å². The number of benzene rings is 2. The molecule has 1 heterocycles. The third kappa shape index (κ3) is 6.18. The van der Waals surface area contributed by atoms with E-state index in [0.29, 0.717) is 49.9 Å². The molecule has 2 aromatic rings. The second kappa shape index (κ2) is 11.4. The zero-order chi connectivity index (χ0) is 22.9. The number of nitrogens with one attached hydrogen (secondary N) is 2. The maximum absolute atomic E-state index is 13.4. The van der Waals surface area contributed by atoms with Gasteiger partial charge >= 0.3 is 0 Å². The number of amides is 2. The van der Waals surface area contributed by atoms with Crippen LogP contribution in [0.1, 0.15) is 22.0 Å². The number of carbonyl (C=O) groups is 2. The first-order valence-corrected chi connectivity index (χ1v) is 10.4. The smallest absolute Gasteiger partial charge is 0.251 e. The lowest BCUT2D eigenvalue weighted by molar-refractivity contribution is -0.120. The molecule has 1 fully saturated rings. The van der Waals surface area contributed by atoms with E-state index in [0.717, 1.165) is 5.56 Å². The van der Waals surface area contributed by atoms with Crippen LogP contribution in [0.5, 0.6) is 11.5 Å². The number of halogens is 1. The summed E-state index contributed by atoms with van der Waals surface area (Å²) in [7, 11) is 3.00. The number of hydrogen-bond acceptors (Lipinski definition) is 6. The summed E-state index contributed by atoms with van der Waals surface area (Å²) in [5.74, 6) is -0.0889. The van der Waals surface area contributed by atoms with Gasteiger partial charge in [0.15, 0.2) is 11.5 Å². The van der Waals surface area contributed by atoms with Crippen LogP contribution in [0.2, 0.25) is 0 Å². The van der Waals surface area contributed by atoms with Gasteiger partial charge < -0.3 is 24.8 Å². The lowest BCUT2D eigenvalue weighted by atomic mass is 10.0. The number of morpholine rings is 1. The summed E-state index contributed by atoms with van der Waals surface area (Å²) in [4.78, 5) is 27.0. The molecule has 1 aliphatic rings. The van der Waals surface area contributed by atoms with Crippen molar-refractivity contribution in [2.75, 3.05) is 53.6 Å². The largest absolute Gasteiger partial charge is 0.493 e. The first-order valence-electron chi connectivity index (χ1n) is 10.4. The first-order chi connectivity index (χ1) is 15.5. The molecule has 0 radical (unpaired) electrons. The summed E-state index contributed by atoms with van der Waals surface area (Å²) in [5, 5.41) is 5.47. The number of carbonyl (C=O) groups excluding carboxylic acids is 2. The van der Waals surface area contributed by atoms with Crippen molar-refractivity contribution in [1.29, 1.82) is 0 Å². The molecule has 172 valence electrons. The lowest BCUT2D eigenvalue weighted by Crippen LogP contribution is -2.45. The number of rotatable bonds is 9. The summed E-state index contributed by atoms with van der Waals surface area (Å²) in [6.07, 6.45) is 0. The number of hydrogen-bond donors (Lipinski definition) is 2. The zero-order valence-electron chi connectivity index (χ0n) is 18.2. The summed E-state index contributed by atoms with van der Waals surface area (Å²) in [6.45, 7) is 2.80. The Morgan fingerprint density at radius 2 is 1.72 bits per heavy atom. The van der Waals surface area contributed by atoms with Gasteiger partial charge in [-0.25, -0.2) is 4.39 Å². The molecular weight excluding hydrogens is 417 g/mol. The summed E-state index contributed by atoms with van der Waals surface area (Å²) >= 11 is 0. The van der Waals surface area contributed by atoms with Crippen LogP contribution >= 0.6 is 0 Å². The van der Waals surface area contributed by atoms with E-state index in [2.05, 4.69) is 15.5 Å². The highest BCUT2D eigenvalue weighted by molar-refractivity contribution is 5.97. The molecule has 2 N–H and O–H groups in total. The Balaban J connectivity index is 1.56. The third-order valence-corrected chi connectivity index (χ3v) is 5.29. The molecule has 3 rings (SSSR count). The van der Waals surface area contributed by atoms with Crippen molar-refractivity contribution in [3.63, 3.8) is 0 Å². The monoisotopic (exact) mass is 445 g/mol. The second-order valence-corrected chi connectivity index (χ2v) is 7.27. The molecule has 1 unspecified atom stereocenters. The van der Waals surface area contributed by atoms with Gasteiger partial charge in [0.2, 0.25) is 5.91 Å². The molecule has 1 atom stereocenters. The van der Waals surface area contributed by atoms with Gasteiger partial charge in [0.1, 0.15) is 5.82 Å². The van der Waals surface area contributed by atoms with Crippen LogP contribution in [0, 0.1) is 5.82 Å². The van der Waals surface area contributed by atoms with Crippen molar-refractivity contribution >= 4 is 11.8 Å². The Hall–Kier alpha value is -3.17. The van der Waals surface area contributed by atoms with E-state index in [1.807, 2.05) is 0 Å². The SMILES string of the molecule is COc1ccc(C(=O)NCC(=O)NCC(c2ccc(F)cc2)N2CCOCC2)cc1OC. The third-order valence-electron chi connectivity index (χ3n) is 5.29. The maximum Gasteiger partial charge on any atom is 0.251 e. The van der Waals surface area contributed by atoms with Crippen LogP contribution in [0.3, 0.4) is 0 Å². The van der Waals surface area contributed by atoms with Gasteiger partial charge in [0.25, 0.3) is 5.91 Å². The summed E-state index contributed by atoms with van der Waals surface area (Å²) in [5.41, 5.74) is 1.26. The zero-order valence-corrected chi connectivity index (χ0v) is 18.2. The molecule has 8 nitrogen and oxygen atoms in total. The Bertz CT molecular complexity index is 916. The van der Waals surface area contributed by atoms with Crippen LogP contribution in [0.4, 0.5) is 4.39 Å². The van der Waals surface area contributed by atoms with Crippen LogP contribution in [-0.4, -0.2) is 70.3 Å². The molecule has 0 bridgehead atoms. The van der Waals surface area contributed by atoms with Crippen LogP contribution in [-0.2, 0) is 9.53 Å². The van der Waals surface area contributed by atoms with Crippen LogP contribution in [0.25, 0.3) is 0 Å². The minimum absolute atomic E-state index is 0.120. The Labute approximate surface area is 186 Å². The number of nitrogens with zero attached hydrogens (tertiary/aromatic N) is 1. The Morgan fingerprint density at radius 3 is 2.38 bits per heavy atom. The van der Waals surface area contributed by atoms with Gasteiger partial charge in [-0.1, -0.05) is 12.1 Å². The van der Waals surface area contributed by atoms with Gasteiger partial charge in [-0.3, -0.25) is 14.5 Å². The van der Waals surface area contributed by atoms with Gasteiger partial charge in [-0.05, 0) is 35.9 Å². The van der Waals surface area contributed by atoms with Crippen molar-refractivity contribution < 1.29 is 28.2 Å². The van der Waals surface area contributed by atoms with Gasteiger partial charge in [0, 0.05) is 25.2 Å².